The van der Waals surface area contributed by atoms with Gasteiger partial charge in [0.15, 0.2) is 0 Å². The highest BCUT2D eigenvalue weighted by atomic mass is 35.5. The third-order valence-corrected chi connectivity index (χ3v) is 7.30. The molecule has 2 aromatic carbocycles. The van der Waals surface area contributed by atoms with E-state index in [1.165, 1.54) is 47.8 Å². The third kappa shape index (κ3) is 7.16. The van der Waals surface area contributed by atoms with Crippen molar-refractivity contribution in [1.29, 1.82) is 0 Å². The minimum Gasteiger partial charge on any atom is -0.272 e. The van der Waals surface area contributed by atoms with Crippen LogP contribution in [0.5, 0.6) is 0 Å². The molecule has 166 valence electrons. The molecule has 1 aliphatic carbocycles. The molecular weight excluding hydrogens is 434 g/mol. The second-order valence-corrected chi connectivity index (χ2v) is 10.1. The molecule has 8 heteroatoms. The van der Waals surface area contributed by atoms with Crippen LogP contribution in [0.4, 0.5) is 0 Å². The number of hydrogen-bond donors (Lipinski definition) is 1. The number of carbonyl (C=O) groups is 1. The van der Waals surface area contributed by atoms with Crippen molar-refractivity contribution >= 4 is 33.2 Å². The van der Waals surface area contributed by atoms with Gasteiger partial charge < -0.3 is 0 Å². The van der Waals surface area contributed by atoms with Gasteiger partial charge in [-0.25, -0.2) is 13.8 Å². The lowest BCUT2D eigenvalue weighted by molar-refractivity contribution is -0.121. The van der Waals surface area contributed by atoms with Gasteiger partial charge in [-0.1, -0.05) is 61.2 Å². The second-order valence-electron chi connectivity index (χ2n) is 7.69. The maximum atomic E-state index is 13.2. The molecule has 6 nitrogen and oxygen atoms in total. The largest absolute Gasteiger partial charge is 0.272 e. The number of sulfonamides is 1. The molecule has 0 unspecified atom stereocenters. The summed E-state index contributed by atoms with van der Waals surface area (Å²) in [6.45, 7) is -0.244. The summed E-state index contributed by atoms with van der Waals surface area (Å²) < 4.78 is 27.6. The number of rotatable bonds is 7. The summed E-state index contributed by atoms with van der Waals surface area (Å²) in [6.07, 6.45) is 7.48. The van der Waals surface area contributed by atoms with Crippen LogP contribution in [0.25, 0.3) is 0 Å². The summed E-state index contributed by atoms with van der Waals surface area (Å²) in [7, 11) is -3.90. The summed E-state index contributed by atoms with van der Waals surface area (Å²) in [4.78, 5) is 12.7. The molecular formula is C23H28ClN3O3S. The van der Waals surface area contributed by atoms with Gasteiger partial charge in [0, 0.05) is 17.3 Å². The molecule has 0 spiro atoms. The number of nitrogens with one attached hydrogen (secondary N) is 1. The molecule has 2 aromatic rings. The van der Waals surface area contributed by atoms with Crippen molar-refractivity contribution in [3.05, 3.63) is 65.2 Å². The summed E-state index contributed by atoms with van der Waals surface area (Å²) >= 11 is 5.90. The van der Waals surface area contributed by atoms with Crippen LogP contribution in [0, 0.1) is 0 Å². The molecule has 0 bridgehead atoms. The Hall–Kier alpha value is -2.22. The Balaban J connectivity index is 1.75. The molecule has 0 aromatic heterocycles. The van der Waals surface area contributed by atoms with E-state index in [1.807, 2.05) is 30.3 Å². The molecule has 0 atom stereocenters. The summed E-state index contributed by atoms with van der Waals surface area (Å²) in [5, 5.41) is 4.74. The number of nitrogens with zero attached hydrogens (tertiary/aromatic N) is 2. The van der Waals surface area contributed by atoms with Crippen molar-refractivity contribution in [2.24, 2.45) is 5.10 Å². The smallest absolute Gasteiger partial charge is 0.255 e. The first-order valence-electron chi connectivity index (χ1n) is 10.6. The Morgan fingerprint density at radius 1 is 0.935 bits per heavy atom. The van der Waals surface area contributed by atoms with Gasteiger partial charge in [0.05, 0.1) is 11.4 Å². The van der Waals surface area contributed by atoms with Crippen molar-refractivity contribution in [2.75, 3.05) is 6.54 Å². The van der Waals surface area contributed by atoms with Gasteiger partial charge in [0.1, 0.15) is 0 Å². The summed E-state index contributed by atoms with van der Waals surface area (Å²) in [6, 6.07) is 15.1. The molecule has 1 N–H and O–H groups in total. The number of amides is 1. The first-order valence-corrected chi connectivity index (χ1v) is 12.4. The Labute approximate surface area is 189 Å². The Kier molecular flexibility index (Phi) is 8.63. The molecule has 0 radical (unpaired) electrons. The standard InChI is InChI=1S/C23H28ClN3O3S/c24-20-13-15-22(16-14-20)31(29,30)27(17-19-9-5-4-6-10-19)18-23(28)26-25-21-11-7-2-1-3-8-12-21/h4-6,9-10,13-16H,1-3,7-8,11-12,17-18H2,(H,26,28). The third-order valence-electron chi connectivity index (χ3n) is 5.24. The van der Waals surface area contributed by atoms with E-state index < -0.39 is 15.9 Å². The van der Waals surface area contributed by atoms with Crippen LogP contribution in [0.2, 0.25) is 5.02 Å². The zero-order valence-electron chi connectivity index (χ0n) is 17.5. The number of benzene rings is 2. The Morgan fingerprint density at radius 2 is 1.55 bits per heavy atom. The highest BCUT2D eigenvalue weighted by molar-refractivity contribution is 7.89. The molecule has 31 heavy (non-hydrogen) atoms. The molecule has 1 aliphatic rings. The molecule has 1 fully saturated rings. The van der Waals surface area contributed by atoms with Crippen molar-refractivity contribution < 1.29 is 13.2 Å². The van der Waals surface area contributed by atoms with E-state index in [4.69, 9.17) is 11.6 Å². The highest BCUT2D eigenvalue weighted by Crippen LogP contribution is 2.20. The Morgan fingerprint density at radius 3 is 2.19 bits per heavy atom. The van der Waals surface area contributed by atoms with Crippen LogP contribution in [0.1, 0.15) is 50.5 Å². The molecule has 0 aliphatic heterocycles. The molecule has 1 amide bonds. The van der Waals surface area contributed by atoms with Gasteiger partial charge in [0.2, 0.25) is 10.0 Å². The highest BCUT2D eigenvalue weighted by Gasteiger charge is 2.27. The average Bonchev–Trinajstić information content (AvgIpc) is 2.73. The van der Waals surface area contributed by atoms with Crippen LogP contribution in [-0.4, -0.2) is 30.9 Å². The number of hydrogen-bond acceptors (Lipinski definition) is 4. The van der Waals surface area contributed by atoms with E-state index in [9.17, 15) is 13.2 Å². The lowest BCUT2D eigenvalue weighted by atomic mass is 9.99. The van der Waals surface area contributed by atoms with Crippen molar-refractivity contribution in [3.63, 3.8) is 0 Å². The van der Waals surface area contributed by atoms with Crippen LogP contribution < -0.4 is 5.43 Å². The number of carbonyl (C=O) groups excluding carboxylic acids is 1. The van der Waals surface area contributed by atoms with E-state index in [2.05, 4.69) is 10.5 Å². The first-order chi connectivity index (χ1) is 14.9. The number of hydrazone groups is 1. The molecule has 0 saturated heterocycles. The fourth-order valence-electron chi connectivity index (χ4n) is 3.53. The van der Waals surface area contributed by atoms with Crippen LogP contribution in [-0.2, 0) is 21.4 Å². The zero-order valence-corrected chi connectivity index (χ0v) is 19.0. The fraction of sp³-hybridized carbons (Fsp3) is 0.391. The van der Waals surface area contributed by atoms with Crippen molar-refractivity contribution in [3.8, 4) is 0 Å². The van der Waals surface area contributed by atoms with Gasteiger partial charge in [0.25, 0.3) is 5.91 Å². The predicted octanol–water partition coefficient (Wildman–Crippen LogP) is 4.75. The monoisotopic (exact) mass is 461 g/mol. The van der Waals surface area contributed by atoms with Crippen LogP contribution >= 0.6 is 11.6 Å². The summed E-state index contributed by atoms with van der Waals surface area (Å²) in [5.41, 5.74) is 4.34. The summed E-state index contributed by atoms with van der Waals surface area (Å²) in [5.74, 6) is -0.456. The van der Waals surface area contributed by atoms with E-state index in [-0.39, 0.29) is 18.0 Å². The van der Waals surface area contributed by atoms with Crippen LogP contribution in [0.15, 0.2) is 64.6 Å². The normalized spacial score (nSPS) is 15.2. The van der Waals surface area contributed by atoms with Crippen molar-refractivity contribution in [1.82, 2.24) is 9.73 Å². The maximum absolute atomic E-state index is 13.2. The van der Waals surface area contributed by atoms with E-state index >= 15 is 0 Å². The van der Waals surface area contributed by atoms with Gasteiger partial charge >= 0.3 is 0 Å². The van der Waals surface area contributed by atoms with Crippen molar-refractivity contribution in [2.45, 2.75) is 56.4 Å². The average molecular weight is 462 g/mol. The fourth-order valence-corrected chi connectivity index (χ4v) is 5.04. The lowest BCUT2D eigenvalue weighted by Gasteiger charge is -2.21. The predicted molar refractivity (Wildman–Crippen MR) is 123 cm³/mol. The van der Waals surface area contributed by atoms with Gasteiger partial charge in [-0.2, -0.15) is 9.41 Å². The second kappa shape index (κ2) is 11.4. The van der Waals surface area contributed by atoms with E-state index in [0.29, 0.717) is 5.02 Å². The molecule has 3 rings (SSSR count). The molecule has 1 saturated carbocycles. The lowest BCUT2D eigenvalue weighted by Crippen LogP contribution is -2.39. The maximum Gasteiger partial charge on any atom is 0.255 e. The Bertz CT molecular complexity index is 982. The van der Waals surface area contributed by atoms with Gasteiger partial charge in [-0.3, -0.25) is 4.79 Å². The minimum absolute atomic E-state index is 0.0792. The molecule has 0 heterocycles. The zero-order chi connectivity index (χ0) is 22.1. The van der Waals surface area contributed by atoms with E-state index in [1.54, 1.807) is 0 Å². The van der Waals surface area contributed by atoms with E-state index in [0.717, 1.165) is 37.0 Å². The minimum atomic E-state index is -3.90. The van der Waals surface area contributed by atoms with Gasteiger partial charge in [-0.15, -0.1) is 0 Å². The first kappa shape index (κ1) is 23.4. The van der Waals surface area contributed by atoms with Crippen LogP contribution in [0.3, 0.4) is 0 Å². The number of halogens is 1. The quantitative estimate of drug-likeness (QED) is 0.604. The SMILES string of the molecule is O=C(CN(Cc1ccccc1)S(=O)(=O)c1ccc(Cl)cc1)NN=C1CCCCCCC1. The van der Waals surface area contributed by atoms with Gasteiger partial charge in [-0.05, 0) is 55.5 Å². The topological polar surface area (TPSA) is 78.8 Å².